The highest BCUT2D eigenvalue weighted by molar-refractivity contribution is 7.89. The Kier molecular flexibility index (Phi) is 5.82. The Morgan fingerprint density at radius 3 is 2.27 bits per heavy atom. The fraction of sp³-hybridized carbons (Fsp3) is 0.611. The highest BCUT2D eigenvalue weighted by atomic mass is 32.2. The van der Waals surface area contributed by atoms with Crippen LogP contribution in [0.15, 0.2) is 24.3 Å². The number of carbonyl (C=O) groups excluding carboxylic acids is 1. The first-order chi connectivity index (χ1) is 12.4. The van der Waals surface area contributed by atoms with Crippen molar-refractivity contribution in [1.29, 1.82) is 0 Å². The molecule has 1 amide bonds. The smallest absolute Gasteiger partial charge is 0.225 e. The van der Waals surface area contributed by atoms with Crippen molar-refractivity contribution in [3.63, 3.8) is 0 Å². The lowest BCUT2D eigenvalue weighted by atomic mass is 9.96. The molecule has 144 valence electrons. The number of benzene rings is 1. The molecule has 0 saturated carbocycles. The van der Waals surface area contributed by atoms with E-state index in [0.29, 0.717) is 57.8 Å². The number of rotatable bonds is 4. The summed E-state index contributed by atoms with van der Waals surface area (Å²) in [5.41, 5.74) is 0.581. The van der Waals surface area contributed by atoms with Gasteiger partial charge in [0.25, 0.3) is 0 Å². The van der Waals surface area contributed by atoms with Crippen molar-refractivity contribution in [2.75, 3.05) is 49.9 Å². The molecule has 0 unspecified atom stereocenters. The first-order valence-electron chi connectivity index (χ1n) is 9.18. The van der Waals surface area contributed by atoms with Gasteiger partial charge in [-0.1, -0.05) is 12.1 Å². The first kappa shape index (κ1) is 19.1. The molecular formula is C18H26FN3O3S. The molecule has 1 aromatic carbocycles. The highest BCUT2D eigenvalue weighted by Gasteiger charge is 2.33. The van der Waals surface area contributed by atoms with Crippen LogP contribution >= 0.6 is 0 Å². The average Bonchev–Trinajstić information content (AvgIpc) is 2.68. The molecule has 2 saturated heterocycles. The molecule has 2 aliphatic heterocycles. The molecule has 0 radical (unpaired) electrons. The molecule has 2 fully saturated rings. The predicted octanol–water partition coefficient (Wildman–Crippen LogP) is 1.54. The van der Waals surface area contributed by atoms with Crippen molar-refractivity contribution in [1.82, 2.24) is 9.21 Å². The van der Waals surface area contributed by atoms with Crippen LogP contribution < -0.4 is 4.90 Å². The van der Waals surface area contributed by atoms with E-state index in [0.717, 1.165) is 0 Å². The minimum absolute atomic E-state index is 0.101. The minimum Gasteiger partial charge on any atom is -0.366 e. The fourth-order valence-electron chi connectivity index (χ4n) is 3.70. The molecule has 1 aromatic rings. The van der Waals surface area contributed by atoms with E-state index in [4.69, 9.17) is 0 Å². The van der Waals surface area contributed by atoms with Crippen LogP contribution in [0.4, 0.5) is 10.1 Å². The third-order valence-corrected chi connectivity index (χ3v) is 7.23. The quantitative estimate of drug-likeness (QED) is 0.791. The van der Waals surface area contributed by atoms with Crippen LogP contribution in [0, 0.1) is 11.7 Å². The van der Waals surface area contributed by atoms with Crippen LogP contribution in [-0.2, 0) is 14.8 Å². The van der Waals surface area contributed by atoms with Crippen LogP contribution in [0.3, 0.4) is 0 Å². The molecule has 2 aliphatic rings. The van der Waals surface area contributed by atoms with Gasteiger partial charge in [-0.3, -0.25) is 4.79 Å². The number of nitrogens with zero attached hydrogens (tertiary/aromatic N) is 3. The van der Waals surface area contributed by atoms with Crippen LogP contribution in [0.1, 0.15) is 19.8 Å². The van der Waals surface area contributed by atoms with Crippen LogP contribution in [-0.4, -0.2) is 68.6 Å². The molecule has 8 heteroatoms. The van der Waals surface area contributed by atoms with Crippen molar-refractivity contribution < 1.29 is 17.6 Å². The van der Waals surface area contributed by atoms with Crippen molar-refractivity contribution >= 4 is 21.6 Å². The van der Waals surface area contributed by atoms with E-state index in [1.165, 1.54) is 10.4 Å². The van der Waals surface area contributed by atoms with Gasteiger partial charge >= 0.3 is 0 Å². The molecule has 0 bridgehead atoms. The van der Waals surface area contributed by atoms with E-state index < -0.39 is 10.0 Å². The van der Waals surface area contributed by atoms with Gasteiger partial charge in [0.2, 0.25) is 15.9 Å². The third-order valence-electron chi connectivity index (χ3n) is 5.35. The van der Waals surface area contributed by atoms with Gasteiger partial charge in [-0.25, -0.2) is 17.1 Å². The van der Waals surface area contributed by atoms with E-state index in [1.807, 2.05) is 15.9 Å². The molecule has 0 spiro atoms. The van der Waals surface area contributed by atoms with E-state index in [-0.39, 0.29) is 23.4 Å². The second-order valence-corrected chi connectivity index (χ2v) is 9.10. The summed E-state index contributed by atoms with van der Waals surface area (Å²) < 4.78 is 39.3. The number of hydrogen-bond acceptors (Lipinski definition) is 4. The molecule has 0 aromatic heterocycles. The van der Waals surface area contributed by atoms with E-state index >= 15 is 0 Å². The maximum absolute atomic E-state index is 13.9. The zero-order valence-electron chi connectivity index (χ0n) is 15.1. The Morgan fingerprint density at radius 1 is 1.08 bits per heavy atom. The van der Waals surface area contributed by atoms with Gasteiger partial charge in [0.15, 0.2) is 0 Å². The molecule has 26 heavy (non-hydrogen) atoms. The summed E-state index contributed by atoms with van der Waals surface area (Å²) in [6, 6.07) is 6.69. The van der Waals surface area contributed by atoms with Crippen LogP contribution in [0.5, 0.6) is 0 Å². The minimum atomic E-state index is -3.17. The Balaban J connectivity index is 1.52. The largest absolute Gasteiger partial charge is 0.366 e. The standard InChI is InChI=1S/C18H26FN3O3S/c1-2-26(24,25)22-9-7-15(8-10-22)18(23)21-13-11-20(12-14-21)17-6-4-3-5-16(17)19/h3-6,15H,2,7-14H2,1H3. The van der Waals surface area contributed by atoms with E-state index in [1.54, 1.807) is 19.1 Å². The highest BCUT2D eigenvalue weighted by Crippen LogP contribution is 2.24. The van der Waals surface area contributed by atoms with Gasteiger partial charge in [0.05, 0.1) is 11.4 Å². The maximum atomic E-state index is 13.9. The maximum Gasteiger partial charge on any atom is 0.225 e. The number of hydrogen-bond donors (Lipinski definition) is 0. The lowest BCUT2D eigenvalue weighted by Crippen LogP contribution is -2.52. The summed E-state index contributed by atoms with van der Waals surface area (Å²) in [7, 11) is -3.17. The molecule has 0 N–H and O–H groups in total. The van der Waals surface area contributed by atoms with Crippen molar-refractivity contribution in [3.05, 3.63) is 30.1 Å². The topological polar surface area (TPSA) is 60.9 Å². The number of amides is 1. The number of piperidine rings is 1. The Morgan fingerprint density at radius 2 is 1.69 bits per heavy atom. The van der Waals surface area contributed by atoms with Gasteiger partial charge in [0.1, 0.15) is 5.82 Å². The fourth-order valence-corrected chi connectivity index (χ4v) is 4.83. The average molecular weight is 383 g/mol. The van der Waals surface area contributed by atoms with Gasteiger partial charge in [0, 0.05) is 45.2 Å². The summed E-state index contributed by atoms with van der Waals surface area (Å²) in [5, 5.41) is 0. The monoisotopic (exact) mass is 383 g/mol. The van der Waals surface area contributed by atoms with Crippen molar-refractivity contribution in [2.24, 2.45) is 5.92 Å². The second kappa shape index (κ2) is 7.92. The van der Waals surface area contributed by atoms with E-state index in [2.05, 4.69) is 0 Å². The number of anilines is 1. The molecule has 6 nitrogen and oxygen atoms in total. The lowest BCUT2D eigenvalue weighted by Gasteiger charge is -2.39. The van der Waals surface area contributed by atoms with Crippen molar-refractivity contribution in [3.8, 4) is 0 Å². The molecule has 2 heterocycles. The molecule has 0 atom stereocenters. The number of halogens is 1. The summed E-state index contributed by atoms with van der Waals surface area (Å²) >= 11 is 0. The SMILES string of the molecule is CCS(=O)(=O)N1CCC(C(=O)N2CCN(c3ccccc3F)CC2)CC1. The zero-order valence-corrected chi connectivity index (χ0v) is 15.9. The normalized spacial score (nSPS) is 20.4. The number of piperazine rings is 1. The van der Waals surface area contributed by atoms with Crippen molar-refractivity contribution in [2.45, 2.75) is 19.8 Å². The van der Waals surface area contributed by atoms with Gasteiger partial charge in [-0.05, 0) is 31.9 Å². The summed E-state index contributed by atoms with van der Waals surface area (Å²) in [6.07, 6.45) is 1.15. The molecular weight excluding hydrogens is 357 g/mol. The lowest BCUT2D eigenvalue weighted by molar-refractivity contribution is -0.137. The Labute approximate surface area is 154 Å². The first-order valence-corrected chi connectivity index (χ1v) is 10.8. The predicted molar refractivity (Wildman–Crippen MR) is 99.0 cm³/mol. The number of sulfonamides is 1. The Bertz CT molecular complexity index is 740. The van der Waals surface area contributed by atoms with E-state index in [9.17, 15) is 17.6 Å². The third kappa shape index (κ3) is 4.01. The number of para-hydroxylation sites is 1. The van der Waals surface area contributed by atoms with Crippen LogP contribution in [0.25, 0.3) is 0 Å². The van der Waals surface area contributed by atoms with Crippen LogP contribution in [0.2, 0.25) is 0 Å². The van der Waals surface area contributed by atoms with Gasteiger partial charge in [-0.15, -0.1) is 0 Å². The molecule has 3 rings (SSSR count). The summed E-state index contributed by atoms with van der Waals surface area (Å²) in [5.74, 6) is -0.147. The number of carbonyl (C=O) groups is 1. The second-order valence-electron chi connectivity index (χ2n) is 6.84. The zero-order chi connectivity index (χ0) is 18.7. The molecule has 0 aliphatic carbocycles. The Hall–Kier alpha value is -1.67. The van der Waals surface area contributed by atoms with Gasteiger partial charge in [-0.2, -0.15) is 0 Å². The summed E-state index contributed by atoms with van der Waals surface area (Å²) in [6.45, 7) is 4.83. The van der Waals surface area contributed by atoms with Gasteiger partial charge < -0.3 is 9.80 Å². The summed E-state index contributed by atoms with van der Waals surface area (Å²) in [4.78, 5) is 16.6.